The van der Waals surface area contributed by atoms with Crippen LogP contribution in [0.15, 0.2) is 52.4 Å². The second-order valence-electron chi connectivity index (χ2n) is 3.21. The van der Waals surface area contributed by atoms with Crippen molar-refractivity contribution in [1.82, 2.24) is 4.98 Å². The summed E-state index contributed by atoms with van der Waals surface area (Å²) in [6, 6.07) is 12.8. The van der Waals surface area contributed by atoms with Gasteiger partial charge in [-0.1, -0.05) is 0 Å². The summed E-state index contributed by atoms with van der Waals surface area (Å²) in [5.41, 5.74) is 0.393. The summed E-state index contributed by atoms with van der Waals surface area (Å²) in [5.74, 6) is 0. The predicted octanol–water partition coefficient (Wildman–Crippen LogP) is 1.10. The van der Waals surface area contributed by atoms with Crippen LogP contribution in [0.2, 0.25) is 0 Å². The number of rotatable bonds is 2. The predicted molar refractivity (Wildman–Crippen MR) is 64.1 cm³/mol. The van der Waals surface area contributed by atoms with Crippen molar-refractivity contribution >= 4 is 33.5 Å². The standard InChI is InChI=1S/C12H8NOS.Ga/c1-10-6-5-9-12(13-10)15(14)11-7-3-2-4-8-11;/h1-7,9H;. The third-order valence-electron chi connectivity index (χ3n) is 2.05. The first-order valence-corrected chi connectivity index (χ1v) is 7.03. The van der Waals surface area contributed by atoms with Gasteiger partial charge in [0.2, 0.25) is 0 Å². The molecule has 1 atom stereocenters. The van der Waals surface area contributed by atoms with E-state index in [1.807, 2.05) is 24.3 Å². The van der Waals surface area contributed by atoms with E-state index in [2.05, 4.69) is 4.98 Å². The van der Waals surface area contributed by atoms with Crippen LogP contribution < -0.4 is 4.12 Å². The first-order valence-electron chi connectivity index (χ1n) is 4.67. The van der Waals surface area contributed by atoms with Crippen LogP contribution in [0.1, 0.15) is 5.69 Å². The van der Waals surface area contributed by atoms with E-state index >= 15 is 0 Å². The maximum atomic E-state index is 12.2. The van der Waals surface area contributed by atoms with Gasteiger partial charge in [-0.05, 0) is 0 Å². The van der Waals surface area contributed by atoms with E-state index in [0.29, 0.717) is 10.7 Å². The fourth-order valence-corrected chi connectivity index (χ4v) is 3.50. The molecular formula is C12H8GaNOS. The van der Waals surface area contributed by atoms with Crippen molar-refractivity contribution < 1.29 is 4.21 Å². The van der Waals surface area contributed by atoms with E-state index in [4.69, 9.17) is 6.92 Å². The Labute approximate surface area is 107 Å². The normalized spacial score (nSPS) is 12.3. The molecule has 0 aliphatic heterocycles. The second kappa shape index (κ2) is 4.99. The van der Waals surface area contributed by atoms with Gasteiger partial charge in [-0.2, -0.15) is 0 Å². The summed E-state index contributed by atoms with van der Waals surface area (Å²) in [5, 5.41) is 0.505. The van der Waals surface area contributed by atoms with Gasteiger partial charge in [0.1, 0.15) is 0 Å². The van der Waals surface area contributed by atoms with Gasteiger partial charge in [-0.15, -0.1) is 0 Å². The van der Waals surface area contributed by atoms with Gasteiger partial charge < -0.3 is 0 Å². The maximum absolute atomic E-state index is 12.2. The summed E-state index contributed by atoms with van der Waals surface area (Å²) in [6.45, 7) is 5.57. The van der Waals surface area contributed by atoms with Crippen molar-refractivity contribution in [2.45, 2.75) is 9.92 Å². The van der Waals surface area contributed by atoms with Crippen LogP contribution in [0.5, 0.6) is 0 Å². The Bertz CT molecular complexity index is 542. The first kappa shape index (κ1) is 11.6. The van der Waals surface area contributed by atoms with E-state index in [1.54, 1.807) is 18.2 Å². The molecule has 2 nitrogen and oxygen atoms in total. The van der Waals surface area contributed by atoms with Crippen LogP contribution >= 0.6 is 0 Å². The number of nitrogens with zero attached hydrogens (tertiary/aromatic N) is 1. The van der Waals surface area contributed by atoms with E-state index in [9.17, 15) is 4.21 Å². The minimum atomic E-state index is -1.24. The molecule has 4 heteroatoms. The monoisotopic (exact) mass is 283 g/mol. The topological polar surface area (TPSA) is 30.0 Å². The molecule has 0 amide bonds. The summed E-state index contributed by atoms with van der Waals surface area (Å²) >= 11 is 1.45. The summed E-state index contributed by atoms with van der Waals surface area (Å²) in [7, 11) is -1.24. The van der Waals surface area contributed by atoms with E-state index < -0.39 is 10.8 Å². The van der Waals surface area contributed by atoms with Crippen molar-refractivity contribution in [3.05, 3.63) is 55.1 Å². The molecule has 1 unspecified atom stereocenters. The molecule has 0 aliphatic carbocycles. The Morgan fingerprint density at radius 2 is 1.88 bits per heavy atom. The summed E-state index contributed by atoms with van der Waals surface area (Å²) in [6.07, 6.45) is 0. The van der Waals surface area contributed by atoms with Crippen molar-refractivity contribution in [2.24, 2.45) is 0 Å². The Morgan fingerprint density at radius 1 is 1.12 bits per heavy atom. The van der Waals surface area contributed by atoms with Gasteiger partial charge in [0.15, 0.2) is 0 Å². The van der Waals surface area contributed by atoms with Gasteiger partial charge >= 0.3 is 108 Å². The number of aromatic nitrogens is 1. The molecule has 1 aromatic heterocycles. The molecule has 16 heavy (non-hydrogen) atoms. The van der Waals surface area contributed by atoms with Crippen LogP contribution in [0.3, 0.4) is 0 Å². The number of benzene rings is 1. The molecule has 2 rings (SSSR count). The van der Waals surface area contributed by atoms with Crippen molar-refractivity contribution in [2.75, 3.05) is 0 Å². The molecule has 2 aromatic rings. The quantitative estimate of drug-likeness (QED) is 0.773. The molecule has 1 aromatic carbocycles. The Kier molecular flexibility index (Phi) is 3.63. The Balaban J connectivity index is 2.44. The molecule has 0 spiro atoms. The van der Waals surface area contributed by atoms with Gasteiger partial charge in [-0.3, -0.25) is 0 Å². The number of hydrogen-bond acceptors (Lipinski definition) is 2. The fraction of sp³-hybridized carbons (Fsp3) is 0. The zero-order valence-corrected chi connectivity index (χ0v) is 11.7. The average molecular weight is 284 g/mol. The molecule has 4 radical (unpaired) electrons. The average Bonchev–Trinajstić information content (AvgIpc) is 2.29. The molecular weight excluding hydrogens is 276 g/mol. The molecule has 0 bridgehead atoms. The second-order valence-corrected chi connectivity index (χ2v) is 5.91. The van der Waals surface area contributed by atoms with Crippen LogP contribution in [0.25, 0.3) is 0 Å². The molecule has 0 N–H and O–H groups in total. The number of hydrogen-bond donors (Lipinski definition) is 0. The number of pyridine rings is 1. The van der Waals surface area contributed by atoms with E-state index in [1.165, 1.54) is 18.6 Å². The zero-order valence-electron chi connectivity index (χ0n) is 8.46. The zero-order chi connectivity index (χ0) is 11.5. The van der Waals surface area contributed by atoms with E-state index in [0.717, 1.165) is 9.01 Å². The van der Waals surface area contributed by atoms with Gasteiger partial charge in [0.05, 0.1) is 0 Å². The van der Waals surface area contributed by atoms with Crippen LogP contribution in [0.4, 0.5) is 0 Å². The van der Waals surface area contributed by atoms with Crippen molar-refractivity contribution in [1.29, 1.82) is 0 Å². The molecule has 0 saturated heterocycles. The Hall–Kier alpha value is -0.844. The summed E-state index contributed by atoms with van der Waals surface area (Å²) < 4.78 is 13.3. The summed E-state index contributed by atoms with van der Waals surface area (Å²) in [4.78, 5) is 4.88. The van der Waals surface area contributed by atoms with Crippen LogP contribution in [0, 0.1) is 6.92 Å². The van der Waals surface area contributed by atoms with Crippen molar-refractivity contribution in [3.63, 3.8) is 0 Å². The Morgan fingerprint density at radius 3 is 2.56 bits per heavy atom. The van der Waals surface area contributed by atoms with Gasteiger partial charge in [0, 0.05) is 0 Å². The molecule has 76 valence electrons. The van der Waals surface area contributed by atoms with E-state index in [-0.39, 0.29) is 0 Å². The van der Waals surface area contributed by atoms with Crippen molar-refractivity contribution in [3.8, 4) is 0 Å². The fourth-order valence-electron chi connectivity index (χ4n) is 1.30. The molecule has 0 aliphatic rings. The molecule has 0 saturated carbocycles. The van der Waals surface area contributed by atoms with Gasteiger partial charge in [-0.25, -0.2) is 0 Å². The third kappa shape index (κ3) is 2.45. The molecule has 0 fully saturated rings. The van der Waals surface area contributed by atoms with Crippen LogP contribution in [-0.2, 0) is 10.8 Å². The van der Waals surface area contributed by atoms with Gasteiger partial charge in [0.25, 0.3) is 0 Å². The third-order valence-corrected chi connectivity index (χ3v) is 4.93. The minimum absolute atomic E-state index is 0.393. The molecule has 1 heterocycles. The first-order chi connectivity index (χ1) is 7.68. The van der Waals surface area contributed by atoms with Crippen LogP contribution in [-0.4, -0.2) is 27.8 Å². The SMILES string of the molecule is [CH]c1cccc(S(=O)c2cccc[c]2[Ga])n1.